The molecule has 0 spiro atoms. The third kappa shape index (κ3) is 2.82. The lowest BCUT2D eigenvalue weighted by atomic mass is 9.95. The van der Waals surface area contributed by atoms with E-state index in [9.17, 15) is 9.18 Å². The zero-order valence-corrected chi connectivity index (χ0v) is 12.5. The predicted molar refractivity (Wildman–Crippen MR) is 85.2 cm³/mol. The molecule has 0 aliphatic heterocycles. The molecule has 0 bridgehead atoms. The fourth-order valence-corrected chi connectivity index (χ4v) is 2.75. The molecule has 22 heavy (non-hydrogen) atoms. The SMILES string of the molecule is Cc1ccc(N)cc1C(=O)NCC1(c2ccc(F)cc2)CC1. The van der Waals surface area contributed by atoms with Crippen molar-refractivity contribution >= 4 is 11.6 Å². The molecule has 1 saturated carbocycles. The average molecular weight is 298 g/mol. The van der Waals surface area contributed by atoms with Gasteiger partial charge in [-0.25, -0.2) is 4.39 Å². The molecule has 1 fully saturated rings. The van der Waals surface area contributed by atoms with Gasteiger partial charge in [-0.15, -0.1) is 0 Å². The summed E-state index contributed by atoms with van der Waals surface area (Å²) in [7, 11) is 0. The first-order valence-electron chi connectivity index (χ1n) is 7.41. The number of carbonyl (C=O) groups excluding carboxylic acids is 1. The maximum Gasteiger partial charge on any atom is 0.251 e. The highest BCUT2D eigenvalue weighted by atomic mass is 19.1. The zero-order chi connectivity index (χ0) is 15.7. The van der Waals surface area contributed by atoms with E-state index in [1.807, 2.05) is 13.0 Å². The number of carbonyl (C=O) groups is 1. The van der Waals surface area contributed by atoms with Crippen molar-refractivity contribution in [2.24, 2.45) is 0 Å². The van der Waals surface area contributed by atoms with E-state index in [1.165, 1.54) is 12.1 Å². The van der Waals surface area contributed by atoms with Gasteiger partial charge in [0.25, 0.3) is 5.91 Å². The van der Waals surface area contributed by atoms with Crippen molar-refractivity contribution in [3.8, 4) is 0 Å². The Morgan fingerprint density at radius 1 is 1.23 bits per heavy atom. The number of amides is 1. The van der Waals surface area contributed by atoms with Crippen LogP contribution in [0.2, 0.25) is 0 Å². The molecule has 0 unspecified atom stereocenters. The summed E-state index contributed by atoms with van der Waals surface area (Å²) in [6.07, 6.45) is 2.02. The molecule has 0 saturated heterocycles. The first-order valence-corrected chi connectivity index (χ1v) is 7.41. The molecule has 1 aliphatic rings. The Bertz CT molecular complexity index is 706. The van der Waals surface area contributed by atoms with E-state index < -0.39 is 0 Å². The van der Waals surface area contributed by atoms with Crippen LogP contribution in [0.1, 0.15) is 34.3 Å². The number of hydrogen-bond donors (Lipinski definition) is 2. The van der Waals surface area contributed by atoms with Crippen LogP contribution in [0, 0.1) is 12.7 Å². The molecule has 1 aliphatic carbocycles. The summed E-state index contributed by atoms with van der Waals surface area (Å²) in [4.78, 5) is 12.4. The van der Waals surface area contributed by atoms with Crippen LogP contribution < -0.4 is 11.1 Å². The number of nitrogens with one attached hydrogen (secondary N) is 1. The summed E-state index contributed by atoms with van der Waals surface area (Å²) in [5.74, 6) is -0.350. The fourth-order valence-electron chi connectivity index (χ4n) is 2.75. The van der Waals surface area contributed by atoms with Crippen molar-refractivity contribution in [2.75, 3.05) is 12.3 Å². The van der Waals surface area contributed by atoms with E-state index in [2.05, 4.69) is 5.32 Å². The van der Waals surface area contributed by atoms with Gasteiger partial charge in [-0.1, -0.05) is 18.2 Å². The van der Waals surface area contributed by atoms with Crippen LogP contribution in [0.15, 0.2) is 42.5 Å². The smallest absolute Gasteiger partial charge is 0.251 e. The molecule has 3 N–H and O–H groups in total. The minimum Gasteiger partial charge on any atom is -0.399 e. The fraction of sp³-hybridized carbons (Fsp3) is 0.278. The Morgan fingerprint density at radius 2 is 1.91 bits per heavy atom. The lowest BCUT2D eigenvalue weighted by Crippen LogP contribution is -2.32. The molecule has 0 radical (unpaired) electrons. The Morgan fingerprint density at radius 3 is 2.55 bits per heavy atom. The summed E-state index contributed by atoms with van der Waals surface area (Å²) in [6.45, 7) is 2.45. The lowest BCUT2D eigenvalue weighted by Gasteiger charge is -2.17. The quantitative estimate of drug-likeness (QED) is 0.852. The largest absolute Gasteiger partial charge is 0.399 e. The number of benzene rings is 2. The van der Waals surface area contributed by atoms with Gasteiger partial charge in [0.2, 0.25) is 0 Å². The van der Waals surface area contributed by atoms with Crippen molar-refractivity contribution in [1.29, 1.82) is 0 Å². The number of anilines is 1. The third-order valence-corrected chi connectivity index (χ3v) is 4.40. The second kappa shape index (κ2) is 5.44. The first kappa shape index (κ1) is 14.6. The van der Waals surface area contributed by atoms with Crippen LogP contribution in [0.25, 0.3) is 0 Å². The number of aryl methyl sites for hydroxylation is 1. The minimum atomic E-state index is -0.237. The van der Waals surface area contributed by atoms with Gasteiger partial charge in [-0.2, -0.15) is 0 Å². The van der Waals surface area contributed by atoms with E-state index >= 15 is 0 Å². The van der Waals surface area contributed by atoms with Gasteiger partial charge in [-0.3, -0.25) is 4.79 Å². The van der Waals surface area contributed by atoms with Crippen LogP contribution in [0.3, 0.4) is 0 Å². The second-order valence-electron chi connectivity index (χ2n) is 6.04. The molecule has 1 amide bonds. The lowest BCUT2D eigenvalue weighted by molar-refractivity contribution is 0.0949. The van der Waals surface area contributed by atoms with Crippen molar-refractivity contribution in [3.05, 3.63) is 65.0 Å². The molecular formula is C18H19FN2O. The normalized spacial score (nSPS) is 15.4. The van der Waals surface area contributed by atoms with E-state index in [0.29, 0.717) is 17.8 Å². The van der Waals surface area contributed by atoms with Gasteiger partial charge >= 0.3 is 0 Å². The Kier molecular flexibility index (Phi) is 3.61. The van der Waals surface area contributed by atoms with Gasteiger partial charge in [0.05, 0.1) is 0 Å². The topological polar surface area (TPSA) is 55.1 Å². The first-order chi connectivity index (χ1) is 10.5. The van der Waals surface area contributed by atoms with Gasteiger partial charge < -0.3 is 11.1 Å². The number of nitrogens with two attached hydrogens (primary N) is 1. The molecule has 0 aromatic heterocycles. The van der Waals surface area contributed by atoms with E-state index in [1.54, 1.807) is 24.3 Å². The van der Waals surface area contributed by atoms with Crippen LogP contribution >= 0.6 is 0 Å². The number of halogens is 1. The van der Waals surface area contributed by atoms with Crippen LogP contribution in [0.4, 0.5) is 10.1 Å². The van der Waals surface area contributed by atoms with Crippen molar-refractivity contribution in [1.82, 2.24) is 5.32 Å². The minimum absolute atomic E-state index is 0.0441. The van der Waals surface area contributed by atoms with E-state index in [-0.39, 0.29) is 17.1 Å². The summed E-state index contributed by atoms with van der Waals surface area (Å²) >= 11 is 0. The van der Waals surface area contributed by atoms with Crippen LogP contribution in [-0.2, 0) is 5.41 Å². The summed E-state index contributed by atoms with van der Waals surface area (Å²) in [6, 6.07) is 11.9. The van der Waals surface area contributed by atoms with Crippen molar-refractivity contribution in [3.63, 3.8) is 0 Å². The van der Waals surface area contributed by atoms with Gasteiger partial charge in [0.1, 0.15) is 5.82 Å². The third-order valence-electron chi connectivity index (χ3n) is 4.40. The molecule has 0 atom stereocenters. The van der Waals surface area contributed by atoms with Crippen LogP contribution in [-0.4, -0.2) is 12.5 Å². The second-order valence-corrected chi connectivity index (χ2v) is 6.04. The maximum atomic E-state index is 13.0. The Balaban J connectivity index is 1.71. The van der Waals surface area contributed by atoms with Crippen LogP contribution in [0.5, 0.6) is 0 Å². The number of rotatable bonds is 4. The summed E-state index contributed by atoms with van der Waals surface area (Å²) in [5, 5.41) is 2.99. The molecule has 2 aromatic carbocycles. The standard InChI is InChI=1S/C18H19FN2O/c1-12-2-7-15(20)10-16(12)17(22)21-11-18(8-9-18)13-3-5-14(19)6-4-13/h2-7,10H,8-9,11,20H2,1H3,(H,21,22). The average Bonchev–Trinajstić information content (AvgIpc) is 3.29. The monoisotopic (exact) mass is 298 g/mol. The van der Waals surface area contributed by atoms with E-state index in [0.717, 1.165) is 24.0 Å². The molecule has 0 heterocycles. The van der Waals surface area contributed by atoms with Gasteiger partial charge in [0.15, 0.2) is 0 Å². The zero-order valence-electron chi connectivity index (χ0n) is 12.5. The van der Waals surface area contributed by atoms with Gasteiger partial charge in [-0.05, 0) is 55.2 Å². The molecule has 4 heteroatoms. The predicted octanol–water partition coefficient (Wildman–Crippen LogP) is 3.18. The molecule has 3 nitrogen and oxygen atoms in total. The summed E-state index contributed by atoms with van der Waals surface area (Å²) < 4.78 is 13.0. The van der Waals surface area contributed by atoms with Crippen molar-refractivity contribution < 1.29 is 9.18 Å². The molecule has 2 aromatic rings. The molecule has 114 valence electrons. The Labute approximate surface area is 129 Å². The highest BCUT2D eigenvalue weighted by molar-refractivity contribution is 5.96. The molecule has 3 rings (SSSR count). The van der Waals surface area contributed by atoms with E-state index in [4.69, 9.17) is 5.73 Å². The highest BCUT2D eigenvalue weighted by Crippen LogP contribution is 2.47. The van der Waals surface area contributed by atoms with Gasteiger partial charge in [0, 0.05) is 23.2 Å². The summed E-state index contributed by atoms with van der Waals surface area (Å²) in [5.41, 5.74) is 8.87. The number of hydrogen-bond acceptors (Lipinski definition) is 2. The maximum absolute atomic E-state index is 13.0. The number of nitrogen functional groups attached to an aromatic ring is 1. The highest BCUT2D eigenvalue weighted by Gasteiger charge is 2.44. The Hall–Kier alpha value is -2.36. The van der Waals surface area contributed by atoms with Crippen molar-refractivity contribution in [2.45, 2.75) is 25.2 Å². The molecular weight excluding hydrogens is 279 g/mol.